The summed E-state index contributed by atoms with van der Waals surface area (Å²) in [6.07, 6.45) is 3.16. The number of pyridine rings is 2. The molecule has 0 bridgehead atoms. The quantitative estimate of drug-likeness (QED) is 0.612. The van der Waals surface area contributed by atoms with Crippen molar-refractivity contribution in [1.29, 1.82) is 0 Å². The summed E-state index contributed by atoms with van der Waals surface area (Å²) in [6, 6.07) is 8.31. The molecule has 8 nitrogen and oxygen atoms in total. The van der Waals surface area contributed by atoms with Crippen molar-refractivity contribution >= 4 is 11.9 Å². The molecule has 3 aromatic rings. The van der Waals surface area contributed by atoms with Crippen molar-refractivity contribution in [3.63, 3.8) is 0 Å². The molecule has 3 heterocycles. The molecule has 0 unspecified atom stereocenters. The molecule has 0 aliphatic carbocycles. The molecule has 0 atom stereocenters. The van der Waals surface area contributed by atoms with Crippen molar-refractivity contribution in [2.45, 2.75) is 13.8 Å². The van der Waals surface area contributed by atoms with Gasteiger partial charge in [-0.25, -0.2) is 19.6 Å². The van der Waals surface area contributed by atoms with Gasteiger partial charge in [0.1, 0.15) is 17.1 Å². The standard InChI is InChI=1S/C19H17N3O5/c1-3-25-18(23)14-9-12(10-15(22-14)19(24)26-4-2)17-21-11-16(27-17)13-7-5-6-8-20-13/h5-11H,3-4H2,1-2H3. The Bertz CT molecular complexity index is 917. The molecule has 3 rings (SSSR count). The summed E-state index contributed by atoms with van der Waals surface area (Å²) in [6.45, 7) is 3.73. The average molecular weight is 367 g/mol. The Morgan fingerprint density at radius 2 is 1.67 bits per heavy atom. The predicted molar refractivity (Wildman–Crippen MR) is 94.9 cm³/mol. The number of aromatic nitrogens is 3. The summed E-state index contributed by atoms with van der Waals surface area (Å²) in [7, 11) is 0. The summed E-state index contributed by atoms with van der Waals surface area (Å²) >= 11 is 0. The van der Waals surface area contributed by atoms with Crippen LogP contribution in [0.2, 0.25) is 0 Å². The highest BCUT2D eigenvalue weighted by atomic mass is 16.5. The van der Waals surface area contributed by atoms with E-state index in [1.165, 1.54) is 18.3 Å². The summed E-state index contributed by atoms with van der Waals surface area (Å²) in [4.78, 5) is 36.6. The lowest BCUT2D eigenvalue weighted by molar-refractivity contribution is 0.0511. The van der Waals surface area contributed by atoms with E-state index < -0.39 is 11.9 Å². The van der Waals surface area contributed by atoms with Crippen LogP contribution in [0.3, 0.4) is 0 Å². The molecule has 0 saturated heterocycles. The van der Waals surface area contributed by atoms with Gasteiger partial charge in [-0.15, -0.1) is 0 Å². The highest BCUT2D eigenvalue weighted by Crippen LogP contribution is 2.26. The number of nitrogens with zero attached hydrogens (tertiary/aromatic N) is 3. The molecule has 0 aliphatic rings. The van der Waals surface area contributed by atoms with Gasteiger partial charge in [-0.3, -0.25) is 4.98 Å². The van der Waals surface area contributed by atoms with Gasteiger partial charge in [0, 0.05) is 11.8 Å². The van der Waals surface area contributed by atoms with E-state index in [9.17, 15) is 9.59 Å². The number of esters is 2. The second-order valence-electron chi connectivity index (χ2n) is 5.31. The van der Waals surface area contributed by atoms with Gasteiger partial charge in [-0.05, 0) is 38.1 Å². The largest absolute Gasteiger partial charge is 0.461 e. The third-order valence-corrected chi connectivity index (χ3v) is 3.46. The van der Waals surface area contributed by atoms with Crippen LogP contribution >= 0.6 is 0 Å². The van der Waals surface area contributed by atoms with Gasteiger partial charge in [0.15, 0.2) is 5.76 Å². The van der Waals surface area contributed by atoms with Crippen LogP contribution < -0.4 is 0 Å². The normalized spacial score (nSPS) is 10.4. The van der Waals surface area contributed by atoms with E-state index in [0.717, 1.165) is 0 Å². The van der Waals surface area contributed by atoms with Crippen molar-refractivity contribution in [3.05, 3.63) is 54.1 Å². The van der Waals surface area contributed by atoms with Crippen LogP contribution in [0.15, 0.2) is 47.1 Å². The lowest BCUT2D eigenvalue weighted by atomic mass is 10.2. The van der Waals surface area contributed by atoms with E-state index in [0.29, 0.717) is 17.0 Å². The molecule has 8 heteroatoms. The average Bonchev–Trinajstić information content (AvgIpc) is 3.19. The second-order valence-corrected chi connectivity index (χ2v) is 5.31. The Morgan fingerprint density at radius 1 is 1.00 bits per heavy atom. The third-order valence-electron chi connectivity index (χ3n) is 3.46. The Hall–Kier alpha value is -3.55. The summed E-state index contributed by atoms with van der Waals surface area (Å²) in [5.74, 6) is -0.630. The molecule has 3 aromatic heterocycles. The molecule has 0 fully saturated rings. The predicted octanol–water partition coefficient (Wildman–Crippen LogP) is 3.15. The van der Waals surface area contributed by atoms with Gasteiger partial charge in [0.2, 0.25) is 5.89 Å². The van der Waals surface area contributed by atoms with Crippen molar-refractivity contribution in [3.8, 4) is 22.9 Å². The zero-order valence-corrected chi connectivity index (χ0v) is 14.8. The van der Waals surface area contributed by atoms with Crippen LogP contribution in [-0.2, 0) is 9.47 Å². The first-order valence-corrected chi connectivity index (χ1v) is 8.36. The Morgan fingerprint density at radius 3 is 2.22 bits per heavy atom. The SMILES string of the molecule is CCOC(=O)c1cc(-c2ncc(-c3ccccn3)o2)cc(C(=O)OCC)n1. The van der Waals surface area contributed by atoms with Crippen LogP contribution in [-0.4, -0.2) is 40.1 Å². The van der Waals surface area contributed by atoms with Gasteiger partial charge in [-0.1, -0.05) is 6.07 Å². The molecule has 0 aliphatic heterocycles. The van der Waals surface area contributed by atoms with Crippen molar-refractivity contribution < 1.29 is 23.5 Å². The van der Waals surface area contributed by atoms with Crippen LogP contribution in [0, 0.1) is 0 Å². The minimum Gasteiger partial charge on any atom is -0.461 e. The number of rotatable bonds is 6. The molecule has 138 valence electrons. The van der Waals surface area contributed by atoms with E-state index in [1.54, 1.807) is 32.2 Å². The van der Waals surface area contributed by atoms with E-state index in [1.807, 2.05) is 6.07 Å². The minimum atomic E-state index is -0.651. The molecule has 0 N–H and O–H groups in total. The number of ether oxygens (including phenoxy) is 2. The molecule has 0 radical (unpaired) electrons. The van der Waals surface area contributed by atoms with E-state index in [2.05, 4.69) is 15.0 Å². The van der Waals surface area contributed by atoms with Gasteiger partial charge in [-0.2, -0.15) is 0 Å². The van der Waals surface area contributed by atoms with Gasteiger partial charge in [0.05, 0.1) is 19.4 Å². The van der Waals surface area contributed by atoms with Crippen LogP contribution in [0.5, 0.6) is 0 Å². The van der Waals surface area contributed by atoms with E-state index in [4.69, 9.17) is 13.9 Å². The molecule has 0 spiro atoms. The second kappa shape index (κ2) is 8.22. The lowest BCUT2D eigenvalue weighted by Crippen LogP contribution is -2.13. The molecule has 27 heavy (non-hydrogen) atoms. The summed E-state index contributed by atoms with van der Waals surface area (Å²) in [5, 5.41) is 0. The van der Waals surface area contributed by atoms with Crippen molar-refractivity contribution in [2.24, 2.45) is 0 Å². The highest BCUT2D eigenvalue weighted by Gasteiger charge is 2.19. The first-order valence-electron chi connectivity index (χ1n) is 8.36. The number of oxazole rings is 1. The topological polar surface area (TPSA) is 104 Å². The molecule has 0 saturated carbocycles. The Balaban J connectivity index is 2.02. The lowest BCUT2D eigenvalue weighted by Gasteiger charge is -2.06. The fraction of sp³-hybridized carbons (Fsp3) is 0.211. The smallest absolute Gasteiger partial charge is 0.356 e. The first-order chi connectivity index (χ1) is 13.1. The van der Waals surface area contributed by atoms with Crippen LogP contribution in [0.25, 0.3) is 22.9 Å². The van der Waals surface area contributed by atoms with Gasteiger partial charge < -0.3 is 13.9 Å². The molecular formula is C19H17N3O5. The van der Waals surface area contributed by atoms with Gasteiger partial charge in [0.25, 0.3) is 0 Å². The molecular weight excluding hydrogens is 350 g/mol. The summed E-state index contributed by atoms with van der Waals surface area (Å²) in [5.41, 5.74) is 0.949. The Kier molecular flexibility index (Phi) is 5.55. The number of carbonyl (C=O) groups excluding carboxylic acids is 2. The fourth-order valence-electron chi connectivity index (χ4n) is 2.31. The van der Waals surface area contributed by atoms with E-state index >= 15 is 0 Å². The first kappa shape index (κ1) is 18.2. The zero-order valence-electron chi connectivity index (χ0n) is 14.8. The maximum Gasteiger partial charge on any atom is 0.356 e. The Labute approximate surface area is 155 Å². The number of carbonyl (C=O) groups is 2. The third kappa shape index (κ3) is 4.17. The van der Waals surface area contributed by atoms with Crippen molar-refractivity contribution in [1.82, 2.24) is 15.0 Å². The monoisotopic (exact) mass is 367 g/mol. The molecule has 0 aromatic carbocycles. The van der Waals surface area contributed by atoms with Gasteiger partial charge >= 0.3 is 11.9 Å². The number of hydrogen-bond acceptors (Lipinski definition) is 8. The highest BCUT2D eigenvalue weighted by molar-refractivity contribution is 5.93. The maximum absolute atomic E-state index is 12.1. The zero-order chi connectivity index (χ0) is 19.2. The van der Waals surface area contributed by atoms with Crippen molar-refractivity contribution in [2.75, 3.05) is 13.2 Å². The fourth-order valence-corrected chi connectivity index (χ4v) is 2.31. The van der Waals surface area contributed by atoms with Crippen LogP contribution in [0.4, 0.5) is 0 Å². The van der Waals surface area contributed by atoms with E-state index in [-0.39, 0.29) is 30.5 Å². The van der Waals surface area contributed by atoms with Crippen LogP contribution in [0.1, 0.15) is 34.8 Å². The number of hydrogen-bond donors (Lipinski definition) is 0. The molecule has 0 amide bonds. The summed E-state index contributed by atoms with van der Waals surface area (Å²) < 4.78 is 15.7. The maximum atomic E-state index is 12.1. The minimum absolute atomic E-state index is 0.0324.